The molecule has 0 radical (unpaired) electrons. The van der Waals surface area contributed by atoms with E-state index in [1.165, 1.54) is 6.26 Å². The number of nitrogens with one attached hydrogen (secondary N) is 2. The van der Waals surface area contributed by atoms with Gasteiger partial charge in [0.1, 0.15) is 12.4 Å². The van der Waals surface area contributed by atoms with Gasteiger partial charge < -0.3 is 15.4 Å². The van der Waals surface area contributed by atoms with Crippen molar-refractivity contribution in [2.24, 2.45) is 0 Å². The summed E-state index contributed by atoms with van der Waals surface area (Å²) in [6.07, 6.45) is 3.68. The average molecular weight is 405 g/mol. The minimum Gasteiger partial charge on any atom is -0.489 e. The Morgan fingerprint density at radius 2 is 1.96 bits per heavy atom. The first-order valence-corrected chi connectivity index (χ1v) is 10.8. The van der Waals surface area contributed by atoms with Crippen LogP contribution in [0.3, 0.4) is 0 Å². The third-order valence-electron chi connectivity index (χ3n) is 3.88. The van der Waals surface area contributed by atoms with Crippen molar-refractivity contribution < 1.29 is 13.2 Å². The first-order valence-electron chi connectivity index (χ1n) is 8.54. The summed E-state index contributed by atoms with van der Waals surface area (Å²) in [5.74, 6) is 0.728. The summed E-state index contributed by atoms with van der Waals surface area (Å²) in [5, 5.41) is 6.90. The summed E-state index contributed by atoms with van der Waals surface area (Å²) in [6, 6.07) is 14.3. The van der Waals surface area contributed by atoms with Crippen LogP contribution in [0.1, 0.15) is 24.9 Å². The van der Waals surface area contributed by atoms with E-state index in [-0.39, 0.29) is 6.04 Å². The van der Waals surface area contributed by atoms with Gasteiger partial charge in [-0.3, -0.25) is 0 Å². The zero-order chi connectivity index (χ0) is 19.9. The molecule has 0 aliphatic rings. The Labute approximate surface area is 166 Å². The predicted molar refractivity (Wildman–Crippen MR) is 114 cm³/mol. The number of thiocarbonyl (C=S) groups is 1. The van der Waals surface area contributed by atoms with Crippen molar-refractivity contribution in [3.63, 3.8) is 0 Å². The van der Waals surface area contributed by atoms with E-state index in [4.69, 9.17) is 17.0 Å². The maximum atomic E-state index is 11.6. The molecule has 0 saturated carbocycles. The van der Waals surface area contributed by atoms with E-state index in [0.717, 1.165) is 23.4 Å². The molecule has 0 saturated heterocycles. The van der Waals surface area contributed by atoms with Crippen LogP contribution in [0, 0.1) is 0 Å². The van der Waals surface area contributed by atoms with Gasteiger partial charge in [-0.1, -0.05) is 37.8 Å². The van der Waals surface area contributed by atoms with E-state index in [9.17, 15) is 8.42 Å². The molecule has 0 aliphatic heterocycles. The molecule has 2 N–H and O–H groups in total. The van der Waals surface area contributed by atoms with Gasteiger partial charge in [0.15, 0.2) is 14.9 Å². The monoisotopic (exact) mass is 404 g/mol. The summed E-state index contributed by atoms with van der Waals surface area (Å²) in [7, 11) is -3.20. The van der Waals surface area contributed by atoms with Crippen LogP contribution in [-0.2, 0) is 9.84 Å². The lowest BCUT2D eigenvalue weighted by Crippen LogP contribution is -2.32. The standard InChI is InChI=1S/C20H24N2O3S2/c1-4-13-25-17-8-6-7-16(14-17)21-20(26)22-19(5-2)15-9-11-18(12-10-15)27(3,23)24/h4,6-12,14,19H,1,5,13H2,2-3H3,(H2,21,22,26)/t19-/m0/s1. The topological polar surface area (TPSA) is 67.4 Å². The maximum Gasteiger partial charge on any atom is 0.175 e. The number of rotatable bonds is 8. The lowest BCUT2D eigenvalue weighted by Gasteiger charge is -2.20. The van der Waals surface area contributed by atoms with Crippen molar-refractivity contribution in [1.29, 1.82) is 0 Å². The second-order valence-corrected chi connectivity index (χ2v) is 8.45. The van der Waals surface area contributed by atoms with Gasteiger partial charge in [-0.15, -0.1) is 0 Å². The highest BCUT2D eigenvalue weighted by molar-refractivity contribution is 7.90. The SMILES string of the molecule is C=CCOc1cccc(NC(=S)N[C@@H](CC)c2ccc(S(C)(=O)=O)cc2)c1. The van der Waals surface area contributed by atoms with Crippen LogP contribution in [0.4, 0.5) is 5.69 Å². The summed E-state index contributed by atoms with van der Waals surface area (Å²) in [5.41, 5.74) is 1.79. The first kappa shape index (κ1) is 20.9. The molecule has 2 aromatic rings. The zero-order valence-corrected chi connectivity index (χ0v) is 17.1. The van der Waals surface area contributed by atoms with E-state index >= 15 is 0 Å². The lowest BCUT2D eigenvalue weighted by atomic mass is 10.1. The molecule has 1 atom stereocenters. The van der Waals surface area contributed by atoms with Crippen LogP contribution in [0.2, 0.25) is 0 Å². The fourth-order valence-electron chi connectivity index (χ4n) is 2.51. The molecule has 0 aromatic heterocycles. The van der Waals surface area contributed by atoms with Gasteiger partial charge in [-0.2, -0.15) is 0 Å². The smallest absolute Gasteiger partial charge is 0.175 e. The normalized spacial score (nSPS) is 12.1. The van der Waals surface area contributed by atoms with E-state index in [1.54, 1.807) is 18.2 Å². The molecule has 0 spiro atoms. The fourth-order valence-corrected chi connectivity index (χ4v) is 3.40. The van der Waals surface area contributed by atoms with Gasteiger partial charge in [-0.25, -0.2) is 8.42 Å². The van der Waals surface area contributed by atoms with Crippen LogP contribution < -0.4 is 15.4 Å². The minimum absolute atomic E-state index is 0.0289. The molecular weight excluding hydrogens is 380 g/mol. The Morgan fingerprint density at radius 3 is 2.56 bits per heavy atom. The highest BCUT2D eigenvalue weighted by Gasteiger charge is 2.13. The highest BCUT2D eigenvalue weighted by atomic mass is 32.2. The quantitative estimate of drug-likeness (QED) is 0.510. The van der Waals surface area contributed by atoms with Crippen LogP contribution in [0.5, 0.6) is 5.75 Å². The highest BCUT2D eigenvalue weighted by Crippen LogP contribution is 2.21. The van der Waals surface area contributed by atoms with Gasteiger partial charge in [0.05, 0.1) is 10.9 Å². The maximum absolute atomic E-state index is 11.6. The summed E-state index contributed by atoms with van der Waals surface area (Å²) in [4.78, 5) is 0.304. The van der Waals surface area contributed by atoms with Gasteiger partial charge in [0.25, 0.3) is 0 Å². The summed E-state index contributed by atoms with van der Waals surface area (Å²) < 4.78 is 28.7. The number of benzene rings is 2. The zero-order valence-electron chi connectivity index (χ0n) is 15.4. The Kier molecular flexibility index (Phi) is 7.38. The second-order valence-electron chi connectivity index (χ2n) is 6.03. The van der Waals surface area contributed by atoms with Crippen molar-refractivity contribution in [2.45, 2.75) is 24.3 Å². The molecule has 0 aliphatic carbocycles. The molecule has 2 rings (SSSR count). The largest absolute Gasteiger partial charge is 0.489 e. The molecule has 0 unspecified atom stereocenters. The van der Waals surface area contributed by atoms with Crippen LogP contribution >= 0.6 is 12.2 Å². The minimum atomic E-state index is -3.20. The molecule has 144 valence electrons. The Bertz CT molecular complexity index is 894. The lowest BCUT2D eigenvalue weighted by molar-refractivity contribution is 0.363. The molecule has 5 nitrogen and oxygen atoms in total. The molecule has 27 heavy (non-hydrogen) atoms. The second kappa shape index (κ2) is 9.53. The van der Waals surface area contributed by atoms with Gasteiger partial charge in [0.2, 0.25) is 0 Å². The Morgan fingerprint density at radius 1 is 1.26 bits per heavy atom. The van der Waals surface area contributed by atoms with Crippen molar-refractivity contribution in [1.82, 2.24) is 5.32 Å². The average Bonchev–Trinajstić information content (AvgIpc) is 2.64. The number of hydrogen-bond donors (Lipinski definition) is 2. The van der Waals surface area contributed by atoms with E-state index < -0.39 is 9.84 Å². The number of hydrogen-bond acceptors (Lipinski definition) is 4. The van der Waals surface area contributed by atoms with Crippen molar-refractivity contribution in [3.8, 4) is 5.75 Å². The molecule has 0 bridgehead atoms. The number of ether oxygens (including phenoxy) is 1. The molecule has 2 aromatic carbocycles. The molecular formula is C20H24N2O3S2. The van der Waals surface area contributed by atoms with E-state index in [2.05, 4.69) is 17.2 Å². The van der Waals surface area contributed by atoms with Crippen LogP contribution in [0.25, 0.3) is 0 Å². The number of anilines is 1. The Hall–Kier alpha value is -2.38. The fraction of sp³-hybridized carbons (Fsp3) is 0.250. The Balaban J connectivity index is 2.03. The summed E-state index contributed by atoms with van der Waals surface area (Å²) in [6.45, 7) is 6.11. The van der Waals surface area contributed by atoms with Crippen molar-refractivity contribution in [3.05, 3.63) is 66.7 Å². The molecule has 0 heterocycles. The summed E-state index contributed by atoms with van der Waals surface area (Å²) >= 11 is 5.42. The van der Waals surface area contributed by atoms with Crippen LogP contribution in [-0.4, -0.2) is 26.4 Å². The third-order valence-corrected chi connectivity index (χ3v) is 5.23. The van der Waals surface area contributed by atoms with Gasteiger partial charge >= 0.3 is 0 Å². The van der Waals surface area contributed by atoms with Gasteiger partial charge in [-0.05, 0) is 48.5 Å². The predicted octanol–water partition coefficient (Wildman–Crippen LogP) is 4.09. The molecule has 0 amide bonds. The molecule has 0 fully saturated rings. The van der Waals surface area contributed by atoms with E-state index in [0.29, 0.717) is 16.6 Å². The number of sulfone groups is 1. The van der Waals surface area contributed by atoms with Gasteiger partial charge in [0, 0.05) is 18.0 Å². The third kappa shape index (κ3) is 6.37. The van der Waals surface area contributed by atoms with Crippen LogP contribution in [0.15, 0.2) is 66.1 Å². The molecule has 7 heteroatoms. The first-order chi connectivity index (χ1) is 12.8. The van der Waals surface area contributed by atoms with Crippen molar-refractivity contribution in [2.75, 3.05) is 18.2 Å². The van der Waals surface area contributed by atoms with E-state index in [1.807, 2.05) is 43.3 Å². The van der Waals surface area contributed by atoms with Crippen molar-refractivity contribution >= 4 is 32.9 Å².